The van der Waals surface area contributed by atoms with Gasteiger partial charge >= 0.3 is 6.18 Å². The summed E-state index contributed by atoms with van der Waals surface area (Å²) in [6.07, 6.45) is -5.09. The Hall–Kier alpha value is -1.63. The lowest BCUT2D eigenvalue weighted by atomic mass is 10.2. The minimum atomic E-state index is -4.19. The molecular weight excluding hydrogens is 262 g/mol. The lowest BCUT2D eigenvalue weighted by molar-refractivity contribution is -0.139. The van der Waals surface area contributed by atoms with Crippen LogP contribution in [0.5, 0.6) is 0 Å². The van der Waals surface area contributed by atoms with Crippen molar-refractivity contribution in [1.29, 1.82) is 0 Å². The monoisotopic (exact) mass is 275 g/mol. The molecule has 0 spiro atoms. The Kier molecular flexibility index (Phi) is 3.75. The van der Waals surface area contributed by atoms with E-state index in [-0.39, 0.29) is 12.4 Å². The molecule has 0 radical (unpaired) electrons. The number of hydrogen-bond acceptors (Lipinski definition) is 2. The second-order valence-electron chi connectivity index (χ2n) is 4.45. The summed E-state index contributed by atoms with van der Waals surface area (Å²) >= 11 is 0. The number of halogens is 4. The summed E-state index contributed by atoms with van der Waals surface area (Å²) in [6, 6.07) is 3.39. The van der Waals surface area contributed by atoms with E-state index in [9.17, 15) is 17.6 Å². The van der Waals surface area contributed by atoms with Crippen LogP contribution in [0.4, 0.5) is 17.6 Å². The number of aromatic amines is 1. The standard InChI is InChI=1S/C12H13F4N3/c1-7(5-12(14,15)16)17-6-11-18-9-3-2-8(13)4-10(9)19-11/h2-4,7,17H,5-6H2,1H3,(H,18,19)/t7-/m0/s1. The molecule has 0 bridgehead atoms. The molecule has 1 heterocycles. The van der Waals surface area contributed by atoms with E-state index in [1.54, 1.807) is 0 Å². The quantitative estimate of drug-likeness (QED) is 0.842. The van der Waals surface area contributed by atoms with E-state index in [1.807, 2.05) is 0 Å². The third-order valence-corrected chi connectivity index (χ3v) is 2.65. The van der Waals surface area contributed by atoms with Crippen LogP contribution < -0.4 is 5.32 Å². The Morgan fingerprint density at radius 2 is 2.11 bits per heavy atom. The van der Waals surface area contributed by atoms with Crippen LogP contribution >= 0.6 is 0 Å². The Bertz CT molecular complexity index is 562. The van der Waals surface area contributed by atoms with Crippen molar-refractivity contribution in [1.82, 2.24) is 15.3 Å². The number of fused-ring (bicyclic) bond motifs is 1. The molecule has 2 N–H and O–H groups in total. The topological polar surface area (TPSA) is 40.7 Å². The summed E-state index contributed by atoms with van der Waals surface area (Å²) in [5.74, 6) is 0.0933. The highest BCUT2D eigenvalue weighted by atomic mass is 19.4. The van der Waals surface area contributed by atoms with Crippen LogP contribution in [0.3, 0.4) is 0 Å². The van der Waals surface area contributed by atoms with E-state index in [0.717, 1.165) is 0 Å². The molecule has 104 valence electrons. The molecule has 0 aliphatic carbocycles. The first-order valence-corrected chi connectivity index (χ1v) is 5.78. The van der Waals surface area contributed by atoms with Gasteiger partial charge in [0.15, 0.2) is 0 Å². The van der Waals surface area contributed by atoms with Crippen LogP contribution in [-0.4, -0.2) is 22.2 Å². The van der Waals surface area contributed by atoms with Crippen LogP contribution in [-0.2, 0) is 6.54 Å². The number of imidazole rings is 1. The molecule has 0 saturated heterocycles. The smallest absolute Gasteiger partial charge is 0.341 e. The molecular formula is C12H13F4N3. The van der Waals surface area contributed by atoms with Crippen molar-refractivity contribution in [3.63, 3.8) is 0 Å². The van der Waals surface area contributed by atoms with Crippen molar-refractivity contribution < 1.29 is 17.6 Å². The molecule has 2 rings (SSSR count). The molecule has 0 aliphatic heterocycles. The molecule has 1 aromatic heterocycles. The molecule has 0 fully saturated rings. The zero-order valence-corrected chi connectivity index (χ0v) is 10.2. The predicted molar refractivity (Wildman–Crippen MR) is 63.0 cm³/mol. The highest BCUT2D eigenvalue weighted by molar-refractivity contribution is 5.74. The molecule has 7 heteroatoms. The number of alkyl halides is 3. The highest BCUT2D eigenvalue weighted by Gasteiger charge is 2.29. The van der Waals surface area contributed by atoms with Gasteiger partial charge in [-0.1, -0.05) is 0 Å². The first-order chi connectivity index (χ1) is 8.83. The Labute approximate surface area is 107 Å². The van der Waals surface area contributed by atoms with Crippen LogP contribution in [0.25, 0.3) is 11.0 Å². The molecule has 2 aromatic rings. The third-order valence-electron chi connectivity index (χ3n) is 2.65. The molecule has 0 unspecified atom stereocenters. The van der Waals surface area contributed by atoms with E-state index in [0.29, 0.717) is 16.9 Å². The lowest BCUT2D eigenvalue weighted by Crippen LogP contribution is -2.31. The Morgan fingerprint density at radius 3 is 2.79 bits per heavy atom. The van der Waals surface area contributed by atoms with Crippen LogP contribution in [0.1, 0.15) is 19.2 Å². The first-order valence-electron chi connectivity index (χ1n) is 5.78. The van der Waals surface area contributed by atoms with Crippen molar-refractivity contribution in [2.75, 3.05) is 0 Å². The zero-order valence-electron chi connectivity index (χ0n) is 10.2. The number of H-pyrrole nitrogens is 1. The van der Waals surface area contributed by atoms with E-state index in [2.05, 4.69) is 15.3 Å². The van der Waals surface area contributed by atoms with Gasteiger partial charge in [0.2, 0.25) is 0 Å². The normalized spacial score (nSPS) is 13.9. The van der Waals surface area contributed by atoms with Crippen molar-refractivity contribution >= 4 is 11.0 Å². The average molecular weight is 275 g/mol. The van der Waals surface area contributed by atoms with Gasteiger partial charge in [0.05, 0.1) is 24.0 Å². The maximum absolute atomic E-state index is 13.0. The van der Waals surface area contributed by atoms with Gasteiger partial charge in [-0.2, -0.15) is 13.2 Å². The third kappa shape index (κ3) is 3.92. The number of benzene rings is 1. The Morgan fingerprint density at radius 1 is 1.37 bits per heavy atom. The predicted octanol–water partition coefficient (Wildman–Crippen LogP) is 3.13. The van der Waals surface area contributed by atoms with Gasteiger partial charge in [-0.15, -0.1) is 0 Å². The molecule has 0 aliphatic rings. The number of rotatable bonds is 4. The number of aromatic nitrogens is 2. The van der Waals surface area contributed by atoms with Crippen LogP contribution in [0.15, 0.2) is 18.2 Å². The van der Waals surface area contributed by atoms with E-state index in [1.165, 1.54) is 25.1 Å². The zero-order chi connectivity index (χ0) is 14.0. The molecule has 0 amide bonds. The summed E-state index contributed by atoms with van der Waals surface area (Å²) < 4.78 is 49.4. The summed E-state index contributed by atoms with van der Waals surface area (Å²) in [5.41, 5.74) is 1.11. The molecule has 1 aromatic carbocycles. The summed E-state index contributed by atoms with van der Waals surface area (Å²) in [6.45, 7) is 1.63. The van der Waals surface area contributed by atoms with Crippen molar-refractivity contribution in [3.8, 4) is 0 Å². The maximum atomic E-state index is 13.0. The van der Waals surface area contributed by atoms with Gasteiger partial charge < -0.3 is 10.3 Å². The van der Waals surface area contributed by atoms with Crippen LogP contribution in [0, 0.1) is 5.82 Å². The fraction of sp³-hybridized carbons (Fsp3) is 0.417. The van der Waals surface area contributed by atoms with Gasteiger partial charge in [-0.3, -0.25) is 0 Å². The van der Waals surface area contributed by atoms with Gasteiger partial charge in [0, 0.05) is 6.04 Å². The van der Waals surface area contributed by atoms with E-state index in [4.69, 9.17) is 0 Å². The average Bonchev–Trinajstić information content (AvgIpc) is 2.66. The van der Waals surface area contributed by atoms with Gasteiger partial charge in [0.1, 0.15) is 11.6 Å². The minimum absolute atomic E-state index is 0.174. The summed E-state index contributed by atoms with van der Waals surface area (Å²) in [4.78, 5) is 7.02. The first kappa shape index (κ1) is 13.8. The molecule has 19 heavy (non-hydrogen) atoms. The SMILES string of the molecule is C[C@@H](CC(F)(F)F)NCc1nc2ccc(F)cc2[nH]1. The molecule has 3 nitrogen and oxygen atoms in total. The minimum Gasteiger partial charge on any atom is -0.341 e. The molecule has 0 saturated carbocycles. The van der Waals surface area contributed by atoms with Crippen molar-refractivity contribution in [2.45, 2.75) is 32.1 Å². The second kappa shape index (κ2) is 5.16. The molecule has 1 atom stereocenters. The van der Waals surface area contributed by atoms with E-state index >= 15 is 0 Å². The van der Waals surface area contributed by atoms with Gasteiger partial charge in [0.25, 0.3) is 0 Å². The number of hydrogen-bond donors (Lipinski definition) is 2. The Balaban J connectivity index is 1.98. The van der Waals surface area contributed by atoms with E-state index < -0.39 is 18.6 Å². The van der Waals surface area contributed by atoms with Gasteiger partial charge in [-0.05, 0) is 25.1 Å². The number of nitrogens with zero attached hydrogens (tertiary/aromatic N) is 1. The fourth-order valence-corrected chi connectivity index (χ4v) is 1.81. The summed E-state index contributed by atoms with van der Waals surface area (Å²) in [5, 5.41) is 2.72. The van der Waals surface area contributed by atoms with Gasteiger partial charge in [-0.25, -0.2) is 9.37 Å². The lowest BCUT2D eigenvalue weighted by Gasteiger charge is -2.14. The van der Waals surface area contributed by atoms with Crippen molar-refractivity contribution in [2.24, 2.45) is 0 Å². The number of nitrogens with one attached hydrogen (secondary N) is 2. The highest BCUT2D eigenvalue weighted by Crippen LogP contribution is 2.21. The van der Waals surface area contributed by atoms with Crippen molar-refractivity contribution in [3.05, 3.63) is 29.8 Å². The van der Waals surface area contributed by atoms with Crippen LogP contribution in [0.2, 0.25) is 0 Å². The summed E-state index contributed by atoms with van der Waals surface area (Å²) in [7, 11) is 0. The fourth-order valence-electron chi connectivity index (χ4n) is 1.81. The maximum Gasteiger partial charge on any atom is 0.390 e. The largest absolute Gasteiger partial charge is 0.390 e. The second-order valence-corrected chi connectivity index (χ2v) is 4.45.